The van der Waals surface area contributed by atoms with Crippen LogP contribution in [0.4, 0.5) is 0 Å². The van der Waals surface area contributed by atoms with Crippen LogP contribution in [0.15, 0.2) is 12.4 Å². The second-order valence-electron chi connectivity index (χ2n) is 7.56. The normalized spacial score (nSPS) is 25.9. The van der Waals surface area contributed by atoms with Crippen LogP contribution in [-0.2, 0) is 16.6 Å². The van der Waals surface area contributed by atoms with E-state index in [0.29, 0.717) is 18.8 Å². The number of aromatic nitrogens is 2. The quantitative estimate of drug-likeness (QED) is 0.897. The number of aryl methyl sites for hydroxylation is 1. The van der Waals surface area contributed by atoms with Gasteiger partial charge in [-0.2, -0.15) is 0 Å². The summed E-state index contributed by atoms with van der Waals surface area (Å²) in [5, 5.41) is 3.14. The van der Waals surface area contributed by atoms with Crippen LogP contribution in [0.25, 0.3) is 0 Å². The van der Waals surface area contributed by atoms with Crippen molar-refractivity contribution >= 4 is 11.8 Å². The number of carbonyl (C=O) groups is 2. The van der Waals surface area contributed by atoms with E-state index in [4.69, 9.17) is 0 Å². The summed E-state index contributed by atoms with van der Waals surface area (Å²) in [5.74, 6) is 1.16. The lowest BCUT2D eigenvalue weighted by Gasteiger charge is -2.40. The highest BCUT2D eigenvalue weighted by Gasteiger charge is 2.48. The Morgan fingerprint density at radius 2 is 2.00 bits per heavy atom. The second kappa shape index (κ2) is 6.57. The molecule has 1 unspecified atom stereocenters. The van der Waals surface area contributed by atoms with Crippen molar-refractivity contribution in [3.63, 3.8) is 0 Å². The van der Waals surface area contributed by atoms with E-state index in [0.717, 1.165) is 18.7 Å². The number of amides is 2. The molecule has 3 atom stereocenters. The molecular weight excluding hydrogens is 304 g/mol. The first-order chi connectivity index (χ1) is 11.4. The van der Waals surface area contributed by atoms with Crippen molar-refractivity contribution in [2.24, 2.45) is 18.9 Å². The van der Waals surface area contributed by atoms with Crippen LogP contribution in [0.3, 0.4) is 0 Å². The van der Waals surface area contributed by atoms with E-state index in [9.17, 15) is 9.59 Å². The molecule has 1 N–H and O–H groups in total. The van der Waals surface area contributed by atoms with Gasteiger partial charge in [0.1, 0.15) is 11.9 Å². The highest BCUT2D eigenvalue weighted by molar-refractivity contribution is 5.85. The molecule has 132 valence electrons. The molecule has 0 spiro atoms. The van der Waals surface area contributed by atoms with E-state index in [1.54, 1.807) is 6.20 Å². The molecule has 0 radical (unpaired) electrons. The Kier molecular flexibility index (Phi) is 4.65. The SMILES string of the molecule is CC(C)C(C)NC(=O)[C@@H]1CCC(=O)N(C2CC2)[C@H]1c1nccn1C. The smallest absolute Gasteiger partial charge is 0.225 e. The van der Waals surface area contributed by atoms with Crippen LogP contribution in [-0.4, -0.2) is 38.3 Å². The van der Waals surface area contributed by atoms with Gasteiger partial charge in [0.05, 0.1) is 5.92 Å². The van der Waals surface area contributed by atoms with E-state index in [-0.39, 0.29) is 35.9 Å². The number of carbonyl (C=O) groups excluding carboxylic acids is 2. The van der Waals surface area contributed by atoms with E-state index < -0.39 is 0 Å². The summed E-state index contributed by atoms with van der Waals surface area (Å²) in [5.41, 5.74) is 0. The van der Waals surface area contributed by atoms with Gasteiger partial charge in [0.15, 0.2) is 0 Å². The Morgan fingerprint density at radius 3 is 2.54 bits per heavy atom. The van der Waals surface area contributed by atoms with Crippen molar-refractivity contribution < 1.29 is 9.59 Å². The van der Waals surface area contributed by atoms with Crippen molar-refractivity contribution in [1.29, 1.82) is 0 Å². The number of likely N-dealkylation sites (tertiary alicyclic amines) is 1. The first kappa shape index (κ1) is 17.0. The molecule has 1 aromatic heterocycles. The van der Waals surface area contributed by atoms with Gasteiger partial charge in [-0.25, -0.2) is 4.98 Å². The topological polar surface area (TPSA) is 67.2 Å². The summed E-state index contributed by atoms with van der Waals surface area (Å²) < 4.78 is 1.94. The third-order valence-corrected chi connectivity index (χ3v) is 5.41. The third kappa shape index (κ3) is 3.19. The molecule has 2 amide bonds. The summed E-state index contributed by atoms with van der Waals surface area (Å²) >= 11 is 0. The fourth-order valence-electron chi connectivity index (χ4n) is 3.44. The molecule has 6 nitrogen and oxygen atoms in total. The minimum Gasteiger partial charge on any atom is -0.353 e. The molecule has 2 heterocycles. The molecule has 3 rings (SSSR count). The maximum absolute atomic E-state index is 12.9. The fourth-order valence-corrected chi connectivity index (χ4v) is 3.44. The lowest BCUT2D eigenvalue weighted by atomic mass is 9.86. The molecule has 1 aromatic rings. The minimum atomic E-state index is -0.252. The average molecular weight is 332 g/mol. The van der Waals surface area contributed by atoms with Crippen molar-refractivity contribution in [3.8, 4) is 0 Å². The minimum absolute atomic E-state index is 0.0438. The number of imidazole rings is 1. The summed E-state index contributed by atoms with van der Waals surface area (Å²) in [6.45, 7) is 6.23. The number of nitrogens with zero attached hydrogens (tertiary/aromatic N) is 3. The molecule has 1 saturated carbocycles. The van der Waals surface area contributed by atoms with Crippen LogP contribution in [0, 0.1) is 11.8 Å². The van der Waals surface area contributed by atoms with Gasteiger partial charge in [0.2, 0.25) is 11.8 Å². The van der Waals surface area contributed by atoms with E-state index in [1.807, 2.05) is 29.6 Å². The van der Waals surface area contributed by atoms with Gasteiger partial charge in [0.25, 0.3) is 0 Å². The summed E-state index contributed by atoms with van der Waals surface area (Å²) in [4.78, 5) is 31.9. The monoisotopic (exact) mass is 332 g/mol. The van der Waals surface area contributed by atoms with Gasteiger partial charge < -0.3 is 14.8 Å². The lowest BCUT2D eigenvalue weighted by molar-refractivity contribution is -0.145. The highest BCUT2D eigenvalue weighted by atomic mass is 16.2. The first-order valence-electron chi connectivity index (χ1n) is 8.99. The molecule has 0 aromatic carbocycles. The maximum Gasteiger partial charge on any atom is 0.225 e. The Bertz CT molecular complexity index is 620. The number of piperidine rings is 1. The molecule has 2 aliphatic rings. The standard InChI is InChI=1S/C18H28N4O2/c1-11(2)12(3)20-18(24)14-7-8-15(23)22(13-5-6-13)16(14)17-19-9-10-21(17)4/h9-14,16H,5-8H2,1-4H3,(H,20,24)/t12?,14-,16-/m1/s1. The Balaban J connectivity index is 1.89. The van der Waals surface area contributed by atoms with Crippen molar-refractivity contribution in [1.82, 2.24) is 19.8 Å². The molecular formula is C18H28N4O2. The third-order valence-electron chi connectivity index (χ3n) is 5.41. The zero-order valence-corrected chi connectivity index (χ0v) is 15.0. The van der Waals surface area contributed by atoms with Crippen LogP contribution in [0.1, 0.15) is 58.3 Å². The molecule has 1 aliphatic heterocycles. The van der Waals surface area contributed by atoms with Gasteiger partial charge in [-0.15, -0.1) is 0 Å². The number of rotatable bonds is 5. The predicted molar refractivity (Wildman–Crippen MR) is 91.0 cm³/mol. The predicted octanol–water partition coefficient (Wildman–Crippen LogP) is 2.02. The zero-order chi connectivity index (χ0) is 17.4. The second-order valence-corrected chi connectivity index (χ2v) is 7.56. The Labute approximate surface area is 143 Å². The summed E-state index contributed by atoms with van der Waals surface area (Å²) in [7, 11) is 1.93. The molecule has 6 heteroatoms. The summed E-state index contributed by atoms with van der Waals surface area (Å²) in [6, 6.07) is 0.141. The van der Waals surface area contributed by atoms with Gasteiger partial charge in [-0.1, -0.05) is 13.8 Å². The van der Waals surface area contributed by atoms with Crippen molar-refractivity contribution in [2.75, 3.05) is 0 Å². The Morgan fingerprint density at radius 1 is 1.29 bits per heavy atom. The zero-order valence-electron chi connectivity index (χ0n) is 15.0. The maximum atomic E-state index is 12.9. The van der Waals surface area contributed by atoms with Gasteiger partial charge in [0, 0.05) is 37.9 Å². The van der Waals surface area contributed by atoms with E-state index in [2.05, 4.69) is 24.1 Å². The van der Waals surface area contributed by atoms with Gasteiger partial charge >= 0.3 is 0 Å². The molecule has 0 bridgehead atoms. The molecule has 1 saturated heterocycles. The average Bonchev–Trinajstić information content (AvgIpc) is 3.27. The lowest BCUT2D eigenvalue weighted by Crippen LogP contribution is -2.51. The van der Waals surface area contributed by atoms with Crippen molar-refractivity contribution in [2.45, 2.75) is 64.6 Å². The van der Waals surface area contributed by atoms with E-state index >= 15 is 0 Å². The van der Waals surface area contributed by atoms with Crippen LogP contribution >= 0.6 is 0 Å². The molecule has 2 fully saturated rings. The van der Waals surface area contributed by atoms with Crippen molar-refractivity contribution in [3.05, 3.63) is 18.2 Å². The number of hydrogen-bond donors (Lipinski definition) is 1. The number of nitrogens with one attached hydrogen (secondary N) is 1. The largest absolute Gasteiger partial charge is 0.353 e. The van der Waals surface area contributed by atoms with Crippen LogP contribution < -0.4 is 5.32 Å². The first-order valence-corrected chi connectivity index (χ1v) is 8.99. The molecule has 1 aliphatic carbocycles. The van der Waals surface area contributed by atoms with Crippen LogP contribution in [0.2, 0.25) is 0 Å². The highest BCUT2D eigenvalue weighted by Crippen LogP contribution is 2.43. The van der Waals surface area contributed by atoms with Gasteiger partial charge in [-0.05, 0) is 32.1 Å². The summed E-state index contributed by atoms with van der Waals surface area (Å²) in [6.07, 6.45) is 6.73. The fraction of sp³-hybridized carbons (Fsp3) is 0.722. The van der Waals surface area contributed by atoms with E-state index in [1.165, 1.54) is 0 Å². The Hall–Kier alpha value is -1.85. The molecule has 24 heavy (non-hydrogen) atoms. The van der Waals surface area contributed by atoms with Gasteiger partial charge in [-0.3, -0.25) is 9.59 Å². The van der Waals surface area contributed by atoms with Crippen LogP contribution in [0.5, 0.6) is 0 Å². The number of hydrogen-bond acceptors (Lipinski definition) is 3.